The number of carboxylic acids is 1. The highest BCUT2D eigenvalue weighted by atomic mass is 32.2. The Morgan fingerprint density at radius 2 is 2.36 bits per heavy atom. The van der Waals surface area contributed by atoms with Crippen molar-refractivity contribution < 1.29 is 19.5 Å². The normalized spacial score (nSPS) is 22.5. The molecule has 118 valence electrons. The number of carboxylic acid groups (broad SMARTS) is 1. The number of thiophene rings is 1. The van der Waals surface area contributed by atoms with E-state index in [4.69, 9.17) is 5.11 Å². The number of rotatable bonds is 6. The monoisotopic (exact) mass is 340 g/mol. The number of amides is 1. The van der Waals surface area contributed by atoms with Gasteiger partial charge in [0.2, 0.25) is 5.91 Å². The molecule has 0 saturated heterocycles. The number of hydrogen-bond acceptors (Lipinski definition) is 6. The van der Waals surface area contributed by atoms with E-state index in [0.717, 1.165) is 4.88 Å². The number of carbonyl (C=O) groups is 3. The summed E-state index contributed by atoms with van der Waals surface area (Å²) in [5.74, 6) is -0.966. The number of carbonyl (C=O) groups excluding carboxylic acids is 2. The Labute approximate surface area is 136 Å². The number of aldehydes is 1. The lowest BCUT2D eigenvalue weighted by Gasteiger charge is -2.27. The van der Waals surface area contributed by atoms with E-state index in [-0.39, 0.29) is 24.0 Å². The molecule has 8 heteroatoms. The summed E-state index contributed by atoms with van der Waals surface area (Å²) in [5.41, 5.74) is 0.0584. The highest BCUT2D eigenvalue weighted by molar-refractivity contribution is 8.00. The Morgan fingerprint density at radius 3 is 2.95 bits per heavy atom. The molecule has 2 N–H and O–H groups in total. The molecule has 1 amide bonds. The van der Waals surface area contributed by atoms with Crippen molar-refractivity contribution in [2.24, 2.45) is 10.9 Å². The van der Waals surface area contributed by atoms with E-state index in [1.165, 1.54) is 23.1 Å². The first kappa shape index (κ1) is 16.7. The summed E-state index contributed by atoms with van der Waals surface area (Å²) in [6.07, 6.45) is 0.814. The van der Waals surface area contributed by atoms with E-state index in [1.54, 1.807) is 6.92 Å². The van der Waals surface area contributed by atoms with Gasteiger partial charge in [0.15, 0.2) is 0 Å². The summed E-state index contributed by atoms with van der Waals surface area (Å²) < 4.78 is 0. The molecule has 6 nitrogen and oxygen atoms in total. The Hall–Kier alpha value is -1.67. The Kier molecular flexibility index (Phi) is 5.73. The predicted octanol–water partition coefficient (Wildman–Crippen LogP) is 1.21. The van der Waals surface area contributed by atoms with Gasteiger partial charge in [-0.25, -0.2) is 4.79 Å². The summed E-state index contributed by atoms with van der Waals surface area (Å²) >= 11 is 2.85. The highest BCUT2D eigenvalue weighted by Gasteiger charge is 2.31. The number of nitrogens with zero attached hydrogens (tertiary/aromatic N) is 1. The largest absolute Gasteiger partial charge is 0.477 e. The molecule has 0 saturated carbocycles. The Morgan fingerprint density at radius 1 is 1.59 bits per heavy atom. The summed E-state index contributed by atoms with van der Waals surface area (Å²) in [5, 5.41) is 13.0. The first-order valence-electron chi connectivity index (χ1n) is 6.71. The van der Waals surface area contributed by atoms with E-state index >= 15 is 0 Å². The molecular weight excluding hydrogens is 324 g/mol. The lowest BCUT2D eigenvalue weighted by atomic mass is 10.1. The van der Waals surface area contributed by atoms with Gasteiger partial charge in [0.05, 0.1) is 6.42 Å². The molecule has 2 heterocycles. The maximum Gasteiger partial charge on any atom is 0.350 e. The minimum Gasteiger partial charge on any atom is -0.477 e. The van der Waals surface area contributed by atoms with Gasteiger partial charge in [0, 0.05) is 16.5 Å². The topological polar surface area (TPSA) is 95.8 Å². The second kappa shape index (κ2) is 7.55. The molecule has 2 rings (SSSR count). The van der Waals surface area contributed by atoms with Crippen LogP contribution in [0.3, 0.4) is 0 Å². The highest BCUT2D eigenvalue weighted by Crippen LogP contribution is 2.26. The van der Waals surface area contributed by atoms with Gasteiger partial charge in [-0.1, -0.05) is 13.0 Å². The van der Waals surface area contributed by atoms with Gasteiger partial charge in [-0.2, -0.15) is 0 Å². The Balaban J connectivity index is 2.03. The number of hydrogen-bond donors (Lipinski definition) is 2. The fourth-order valence-corrected chi connectivity index (χ4v) is 3.93. The Bertz CT molecular complexity index is 586. The molecule has 3 atom stereocenters. The quantitative estimate of drug-likeness (QED) is 0.759. The van der Waals surface area contributed by atoms with Gasteiger partial charge in [-0.05, 0) is 11.4 Å². The van der Waals surface area contributed by atoms with Crippen LogP contribution in [0.25, 0.3) is 0 Å². The number of thioether (sulfide) groups is 1. The second-order valence-electron chi connectivity index (χ2n) is 4.93. The van der Waals surface area contributed by atoms with Crippen LogP contribution in [0.2, 0.25) is 0 Å². The average molecular weight is 340 g/mol. The van der Waals surface area contributed by atoms with Crippen LogP contribution in [0.1, 0.15) is 11.8 Å². The van der Waals surface area contributed by atoms with Crippen molar-refractivity contribution in [1.82, 2.24) is 5.32 Å². The van der Waals surface area contributed by atoms with Crippen LogP contribution in [0.15, 0.2) is 22.5 Å². The van der Waals surface area contributed by atoms with E-state index in [1.807, 2.05) is 17.5 Å². The molecule has 0 aromatic carbocycles. The molecule has 0 radical (unpaired) electrons. The number of aliphatic carboxylic acids is 1. The van der Waals surface area contributed by atoms with Crippen LogP contribution >= 0.6 is 23.1 Å². The summed E-state index contributed by atoms with van der Waals surface area (Å²) in [4.78, 5) is 39.4. The molecule has 1 unspecified atom stereocenters. The molecule has 0 spiro atoms. The number of nitrogens with one attached hydrogen (secondary N) is 1. The van der Waals surface area contributed by atoms with Crippen LogP contribution in [0, 0.1) is 5.92 Å². The molecule has 1 aliphatic heterocycles. The fraction of sp³-hybridized carbons (Fsp3) is 0.429. The van der Waals surface area contributed by atoms with Gasteiger partial charge in [-0.15, -0.1) is 23.1 Å². The van der Waals surface area contributed by atoms with Gasteiger partial charge < -0.3 is 15.2 Å². The molecule has 0 bridgehead atoms. The van der Waals surface area contributed by atoms with Gasteiger partial charge >= 0.3 is 5.97 Å². The minimum atomic E-state index is -1.08. The lowest BCUT2D eigenvalue weighted by molar-refractivity contribution is -0.129. The zero-order valence-electron chi connectivity index (χ0n) is 11.9. The third-order valence-electron chi connectivity index (χ3n) is 3.17. The van der Waals surface area contributed by atoms with Crippen molar-refractivity contribution in [2.45, 2.75) is 24.8 Å². The van der Waals surface area contributed by atoms with Gasteiger partial charge in [-0.3, -0.25) is 9.79 Å². The van der Waals surface area contributed by atoms with Crippen molar-refractivity contribution in [3.63, 3.8) is 0 Å². The average Bonchev–Trinajstić information content (AvgIpc) is 2.98. The molecule has 22 heavy (non-hydrogen) atoms. The zero-order valence-corrected chi connectivity index (χ0v) is 13.5. The van der Waals surface area contributed by atoms with Crippen molar-refractivity contribution in [3.05, 3.63) is 22.4 Å². The molecule has 1 aromatic heterocycles. The molecule has 1 aliphatic rings. The van der Waals surface area contributed by atoms with Crippen molar-refractivity contribution in [1.29, 1.82) is 0 Å². The first-order valence-corrected chi connectivity index (χ1v) is 8.63. The summed E-state index contributed by atoms with van der Waals surface area (Å²) in [7, 11) is 0. The first-order chi connectivity index (χ1) is 10.5. The van der Waals surface area contributed by atoms with E-state index in [2.05, 4.69) is 10.3 Å². The smallest absolute Gasteiger partial charge is 0.350 e. The van der Waals surface area contributed by atoms with E-state index in [9.17, 15) is 14.4 Å². The summed E-state index contributed by atoms with van der Waals surface area (Å²) in [6, 6.07) is 2.88. The van der Waals surface area contributed by atoms with Crippen molar-refractivity contribution in [2.75, 3.05) is 5.75 Å². The van der Waals surface area contributed by atoms with Crippen LogP contribution in [-0.2, 0) is 20.8 Å². The SMILES string of the molecule is CC1CS[C@H]([C@@H](C=O)NC(=O)Cc2cccs2)N=C1C(=O)O. The van der Waals surface area contributed by atoms with E-state index in [0.29, 0.717) is 12.0 Å². The van der Waals surface area contributed by atoms with Crippen LogP contribution < -0.4 is 5.32 Å². The fourth-order valence-electron chi connectivity index (χ4n) is 2.05. The zero-order chi connectivity index (χ0) is 16.1. The van der Waals surface area contributed by atoms with Crippen LogP contribution in [0.5, 0.6) is 0 Å². The van der Waals surface area contributed by atoms with Crippen LogP contribution in [-0.4, -0.2) is 46.1 Å². The standard InChI is InChI=1S/C14H16N2O4S2/c1-8-7-22-13(16-12(8)14(19)20)10(6-17)15-11(18)5-9-3-2-4-21-9/h2-4,6,8,10,13H,5,7H2,1H3,(H,15,18)(H,19,20)/t8?,10-,13-/m1/s1. The van der Waals surface area contributed by atoms with Gasteiger partial charge in [0.1, 0.15) is 23.4 Å². The molecule has 1 aromatic rings. The maximum absolute atomic E-state index is 12.0. The lowest BCUT2D eigenvalue weighted by Crippen LogP contribution is -2.45. The maximum atomic E-state index is 12.0. The second-order valence-corrected chi connectivity index (χ2v) is 7.11. The molecule has 0 fully saturated rings. The predicted molar refractivity (Wildman–Crippen MR) is 86.5 cm³/mol. The van der Waals surface area contributed by atoms with Gasteiger partial charge in [0.25, 0.3) is 0 Å². The number of aliphatic imine (C=N–C) groups is 1. The van der Waals surface area contributed by atoms with Crippen molar-refractivity contribution >= 4 is 47.0 Å². The minimum absolute atomic E-state index is 0.0584. The molecule has 0 aliphatic carbocycles. The summed E-state index contributed by atoms with van der Waals surface area (Å²) in [6.45, 7) is 1.78. The van der Waals surface area contributed by atoms with Crippen molar-refractivity contribution in [3.8, 4) is 0 Å². The van der Waals surface area contributed by atoms with Crippen LogP contribution in [0.4, 0.5) is 0 Å². The third kappa shape index (κ3) is 4.17. The third-order valence-corrected chi connectivity index (χ3v) is 5.47. The van der Waals surface area contributed by atoms with E-state index < -0.39 is 17.4 Å². The molecular formula is C14H16N2O4S2.